The molecule has 1 unspecified atom stereocenters. The Morgan fingerprint density at radius 2 is 2.19 bits per heavy atom. The molecule has 0 aromatic heterocycles. The van der Waals surface area contributed by atoms with E-state index in [9.17, 15) is 8.78 Å². The van der Waals surface area contributed by atoms with Gasteiger partial charge in [0.1, 0.15) is 0 Å². The first kappa shape index (κ1) is 11.4. The molecular formula is C12H11F2NS. The van der Waals surface area contributed by atoms with E-state index in [0.717, 1.165) is 22.6 Å². The van der Waals surface area contributed by atoms with Crippen LogP contribution in [0.4, 0.5) is 8.78 Å². The number of hydrogen-bond donors (Lipinski definition) is 1. The Kier molecular flexibility index (Phi) is 3.47. The summed E-state index contributed by atoms with van der Waals surface area (Å²) in [6, 6.07) is 2.56. The van der Waals surface area contributed by atoms with Crippen LogP contribution >= 0.6 is 11.8 Å². The van der Waals surface area contributed by atoms with Crippen LogP contribution in [0.5, 0.6) is 0 Å². The van der Waals surface area contributed by atoms with Gasteiger partial charge in [0.05, 0.1) is 6.54 Å². The van der Waals surface area contributed by atoms with Crippen LogP contribution in [0.1, 0.15) is 18.0 Å². The molecule has 0 saturated heterocycles. The van der Waals surface area contributed by atoms with Crippen LogP contribution in [-0.2, 0) is 0 Å². The third-order valence-corrected chi connectivity index (χ3v) is 3.65. The minimum atomic E-state index is -0.797. The zero-order valence-corrected chi connectivity index (χ0v) is 9.41. The van der Waals surface area contributed by atoms with Crippen LogP contribution < -0.4 is 5.32 Å². The quantitative estimate of drug-likeness (QED) is 0.796. The van der Waals surface area contributed by atoms with E-state index in [1.54, 1.807) is 11.8 Å². The summed E-state index contributed by atoms with van der Waals surface area (Å²) in [7, 11) is 0. The Morgan fingerprint density at radius 3 is 2.94 bits per heavy atom. The lowest BCUT2D eigenvalue weighted by atomic mass is 10.0. The summed E-state index contributed by atoms with van der Waals surface area (Å²) >= 11 is 1.55. The number of terminal acetylenes is 1. The van der Waals surface area contributed by atoms with Crippen molar-refractivity contribution in [1.82, 2.24) is 5.32 Å². The van der Waals surface area contributed by atoms with Crippen molar-refractivity contribution in [3.63, 3.8) is 0 Å². The van der Waals surface area contributed by atoms with Crippen molar-refractivity contribution < 1.29 is 8.78 Å². The number of halogens is 2. The van der Waals surface area contributed by atoms with E-state index in [0.29, 0.717) is 6.54 Å². The number of rotatable bonds is 2. The van der Waals surface area contributed by atoms with Crippen LogP contribution in [0.25, 0.3) is 0 Å². The molecule has 1 aromatic rings. The highest BCUT2D eigenvalue weighted by atomic mass is 32.2. The highest BCUT2D eigenvalue weighted by molar-refractivity contribution is 7.99. The van der Waals surface area contributed by atoms with Crippen LogP contribution in [0.15, 0.2) is 17.0 Å². The fourth-order valence-corrected chi connectivity index (χ4v) is 2.91. The Labute approximate surface area is 97.6 Å². The second-order valence-corrected chi connectivity index (χ2v) is 4.72. The summed E-state index contributed by atoms with van der Waals surface area (Å²) in [6.45, 7) is 0.438. The average Bonchev–Trinajstić information content (AvgIpc) is 2.28. The van der Waals surface area contributed by atoms with E-state index in [4.69, 9.17) is 6.42 Å². The number of nitrogens with one attached hydrogen (secondary N) is 1. The number of hydrogen-bond acceptors (Lipinski definition) is 2. The minimum Gasteiger partial charge on any atom is -0.299 e. The maximum Gasteiger partial charge on any atom is 0.159 e. The molecule has 0 aliphatic carbocycles. The van der Waals surface area contributed by atoms with Crippen molar-refractivity contribution in [2.24, 2.45) is 0 Å². The molecule has 0 spiro atoms. The van der Waals surface area contributed by atoms with Crippen LogP contribution in [0, 0.1) is 24.0 Å². The fourth-order valence-electron chi connectivity index (χ4n) is 1.78. The summed E-state index contributed by atoms with van der Waals surface area (Å²) in [5.74, 6) is 1.79. The van der Waals surface area contributed by atoms with Gasteiger partial charge in [0.2, 0.25) is 0 Å². The Hall–Kier alpha value is -1.05. The first-order valence-corrected chi connectivity index (χ1v) is 5.99. The van der Waals surface area contributed by atoms with E-state index in [1.165, 1.54) is 12.1 Å². The average molecular weight is 239 g/mol. The Balaban J connectivity index is 2.31. The molecule has 4 heteroatoms. The third kappa shape index (κ3) is 2.21. The molecule has 1 heterocycles. The number of benzene rings is 1. The zero-order chi connectivity index (χ0) is 11.5. The van der Waals surface area contributed by atoms with Crippen LogP contribution in [0.3, 0.4) is 0 Å². The predicted octanol–water partition coefficient (Wildman–Crippen LogP) is 2.72. The fraction of sp³-hybridized carbons (Fsp3) is 0.333. The SMILES string of the molecule is C#CCNC1CCSc2cc(F)c(F)cc21. The molecule has 1 atom stereocenters. The second kappa shape index (κ2) is 4.86. The molecule has 16 heavy (non-hydrogen) atoms. The molecule has 1 aliphatic rings. The Morgan fingerprint density at radius 1 is 1.44 bits per heavy atom. The summed E-state index contributed by atoms with van der Waals surface area (Å²) in [6.07, 6.45) is 6.05. The molecule has 1 aromatic carbocycles. The van der Waals surface area contributed by atoms with Gasteiger partial charge in [0, 0.05) is 10.9 Å². The van der Waals surface area contributed by atoms with E-state index >= 15 is 0 Å². The number of thioether (sulfide) groups is 1. The van der Waals surface area contributed by atoms with E-state index in [-0.39, 0.29) is 6.04 Å². The Bertz CT molecular complexity index is 439. The first-order chi connectivity index (χ1) is 7.72. The van der Waals surface area contributed by atoms with Gasteiger partial charge in [-0.05, 0) is 29.9 Å². The predicted molar refractivity (Wildman–Crippen MR) is 61.3 cm³/mol. The highest BCUT2D eigenvalue weighted by Gasteiger charge is 2.22. The van der Waals surface area contributed by atoms with Crippen LogP contribution in [-0.4, -0.2) is 12.3 Å². The monoisotopic (exact) mass is 239 g/mol. The third-order valence-electron chi connectivity index (χ3n) is 2.54. The van der Waals surface area contributed by atoms with Crippen molar-refractivity contribution in [2.45, 2.75) is 17.4 Å². The standard InChI is InChI=1S/C12H11F2NS/c1-2-4-15-11-3-5-16-12-7-10(14)9(13)6-8(11)12/h1,6-7,11,15H,3-5H2. The molecule has 1 nitrogen and oxygen atoms in total. The van der Waals surface area contributed by atoms with Gasteiger partial charge >= 0.3 is 0 Å². The van der Waals surface area contributed by atoms with Crippen molar-refractivity contribution >= 4 is 11.8 Å². The van der Waals surface area contributed by atoms with Gasteiger partial charge in [-0.15, -0.1) is 18.2 Å². The molecule has 0 saturated carbocycles. The summed E-state index contributed by atoms with van der Waals surface area (Å²) in [4.78, 5) is 0.805. The lowest BCUT2D eigenvalue weighted by Gasteiger charge is -2.25. The van der Waals surface area contributed by atoms with Gasteiger partial charge in [0.15, 0.2) is 11.6 Å². The van der Waals surface area contributed by atoms with E-state index in [2.05, 4.69) is 11.2 Å². The van der Waals surface area contributed by atoms with Crippen molar-refractivity contribution in [1.29, 1.82) is 0 Å². The molecule has 1 N–H and O–H groups in total. The summed E-state index contributed by atoms with van der Waals surface area (Å²) in [5.41, 5.74) is 0.811. The van der Waals surface area contributed by atoms with E-state index < -0.39 is 11.6 Å². The topological polar surface area (TPSA) is 12.0 Å². The number of fused-ring (bicyclic) bond motifs is 1. The zero-order valence-electron chi connectivity index (χ0n) is 8.59. The van der Waals surface area contributed by atoms with Gasteiger partial charge in [-0.3, -0.25) is 5.32 Å². The second-order valence-electron chi connectivity index (χ2n) is 3.58. The molecule has 0 bridgehead atoms. The van der Waals surface area contributed by atoms with Crippen molar-refractivity contribution in [3.05, 3.63) is 29.3 Å². The molecule has 0 radical (unpaired) electrons. The normalized spacial score (nSPS) is 18.9. The van der Waals surface area contributed by atoms with Crippen LogP contribution in [0.2, 0.25) is 0 Å². The lowest BCUT2D eigenvalue weighted by Crippen LogP contribution is -2.25. The summed E-state index contributed by atoms with van der Waals surface area (Å²) < 4.78 is 26.2. The highest BCUT2D eigenvalue weighted by Crippen LogP contribution is 2.37. The summed E-state index contributed by atoms with van der Waals surface area (Å²) in [5, 5.41) is 3.14. The van der Waals surface area contributed by atoms with Gasteiger partial charge in [-0.25, -0.2) is 8.78 Å². The van der Waals surface area contributed by atoms with Gasteiger partial charge < -0.3 is 0 Å². The molecule has 84 valence electrons. The minimum absolute atomic E-state index is 0.0300. The van der Waals surface area contributed by atoms with Gasteiger partial charge in [0.25, 0.3) is 0 Å². The smallest absolute Gasteiger partial charge is 0.159 e. The van der Waals surface area contributed by atoms with E-state index in [1.807, 2.05) is 0 Å². The molecule has 1 aliphatic heterocycles. The maximum absolute atomic E-state index is 13.1. The lowest BCUT2D eigenvalue weighted by molar-refractivity contribution is 0.489. The molecule has 2 rings (SSSR count). The van der Waals surface area contributed by atoms with Gasteiger partial charge in [-0.2, -0.15) is 0 Å². The largest absolute Gasteiger partial charge is 0.299 e. The molecule has 0 fully saturated rings. The van der Waals surface area contributed by atoms with Crippen molar-refractivity contribution in [2.75, 3.05) is 12.3 Å². The van der Waals surface area contributed by atoms with Crippen molar-refractivity contribution in [3.8, 4) is 12.3 Å². The van der Waals surface area contributed by atoms with Gasteiger partial charge in [-0.1, -0.05) is 5.92 Å². The maximum atomic E-state index is 13.1. The molecular weight excluding hydrogens is 228 g/mol. The molecule has 0 amide bonds. The first-order valence-electron chi connectivity index (χ1n) is 5.01.